The Kier molecular flexibility index (Phi) is 6.84. The number of carbonyl (C=O) groups excluding carboxylic acids is 1. The Hall–Kier alpha value is -1.19. The summed E-state index contributed by atoms with van der Waals surface area (Å²) >= 11 is 0. The summed E-state index contributed by atoms with van der Waals surface area (Å²) in [7, 11) is 3.91. The van der Waals surface area contributed by atoms with Gasteiger partial charge in [0.15, 0.2) is 0 Å². The standard InChI is InChI=1S/C20H29N5O3.2ClH/c1-24(2)18-22-9-14-3-8-28-20(16(14)23-18)4-6-25(7-5-20)17(26)19-12-21-10-15(19)11-27-13-19;;/h9,15,21H,3-8,10-13H2,1-2H3;2*1H/t15-,19-;;/m0../s1. The maximum absolute atomic E-state index is 13.4. The first kappa shape index (κ1) is 23.5. The van der Waals surface area contributed by atoms with Gasteiger partial charge in [0.25, 0.3) is 0 Å². The van der Waals surface area contributed by atoms with E-state index in [-0.39, 0.29) is 36.1 Å². The number of halogens is 2. The molecule has 4 aliphatic heterocycles. The maximum Gasteiger partial charge on any atom is 0.232 e. The lowest BCUT2D eigenvalue weighted by Crippen LogP contribution is -2.54. The van der Waals surface area contributed by atoms with Crippen LogP contribution in [0.4, 0.5) is 5.95 Å². The highest BCUT2D eigenvalue weighted by Gasteiger charge is 2.55. The van der Waals surface area contributed by atoms with Gasteiger partial charge in [-0.15, -0.1) is 24.8 Å². The molecule has 1 spiro atoms. The van der Waals surface area contributed by atoms with Crippen molar-refractivity contribution in [3.05, 3.63) is 17.5 Å². The van der Waals surface area contributed by atoms with Crippen molar-refractivity contribution in [2.24, 2.45) is 11.3 Å². The van der Waals surface area contributed by atoms with Gasteiger partial charge in [-0.1, -0.05) is 0 Å². The molecule has 168 valence electrons. The Labute approximate surface area is 189 Å². The zero-order chi connectivity index (χ0) is 19.4. The molecular formula is C20H31Cl2N5O3. The Morgan fingerprint density at radius 1 is 1.30 bits per heavy atom. The largest absolute Gasteiger partial charge is 0.380 e. The predicted octanol–water partition coefficient (Wildman–Crippen LogP) is 1.01. The van der Waals surface area contributed by atoms with Crippen LogP contribution < -0.4 is 10.2 Å². The van der Waals surface area contributed by atoms with E-state index in [9.17, 15) is 4.79 Å². The number of hydrogen-bond donors (Lipinski definition) is 1. The second kappa shape index (κ2) is 8.74. The van der Waals surface area contributed by atoms with Crippen LogP contribution in [0.3, 0.4) is 0 Å². The van der Waals surface area contributed by atoms with Crippen LogP contribution in [0.5, 0.6) is 0 Å². The molecule has 0 aromatic carbocycles. The molecule has 1 aromatic rings. The molecule has 10 heteroatoms. The Morgan fingerprint density at radius 3 is 2.80 bits per heavy atom. The molecule has 5 heterocycles. The molecule has 2 atom stereocenters. The van der Waals surface area contributed by atoms with Gasteiger partial charge in [-0.2, -0.15) is 0 Å². The number of fused-ring (bicyclic) bond motifs is 3. The van der Waals surface area contributed by atoms with Crippen molar-refractivity contribution in [3.63, 3.8) is 0 Å². The number of ether oxygens (including phenoxy) is 2. The zero-order valence-corrected chi connectivity index (χ0v) is 19.2. The van der Waals surface area contributed by atoms with E-state index in [1.54, 1.807) is 0 Å². The summed E-state index contributed by atoms with van der Waals surface area (Å²) in [5.41, 5.74) is 1.44. The van der Waals surface area contributed by atoms with Crippen LogP contribution in [0.1, 0.15) is 24.1 Å². The van der Waals surface area contributed by atoms with E-state index in [0.29, 0.717) is 44.8 Å². The van der Waals surface area contributed by atoms with E-state index in [1.165, 1.54) is 5.56 Å². The highest BCUT2D eigenvalue weighted by Crippen LogP contribution is 2.44. The third-order valence-electron chi connectivity index (χ3n) is 7.01. The van der Waals surface area contributed by atoms with Gasteiger partial charge in [-0.25, -0.2) is 9.97 Å². The van der Waals surface area contributed by atoms with Crippen molar-refractivity contribution in [1.29, 1.82) is 0 Å². The van der Waals surface area contributed by atoms with Gasteiger partial charge >= 0.3 is 0 Å². The summed E-state index contributed by atoms with van der Waals surface area (Å²) in [6, 6.07) is 0. The number of nitrogens with one attached hydrogen (secondary N) is 1. The molecule has 1 aromatic heterocycles. The first-order valence-electron chi connectivity index (χ1n) is 10.3. The molecule has 0 radical (unpaired) electrons. The topological polar surface area (TPSA) is 79.8 Å². The lowest BCUT2D eigenvalue weighted by molar-refractivity contribution is -0.151. The number of carbonyl (C=O) groups is 1. The number of likely N-dealkylation sites (tertiary alicyclic amines) is 1. The first-order chi connectivity index (χ1) is 13.5. The second-order valence-corrected chi connectivity index (χ2v) is 8.82. The van der Waals surface area contributed by atoms with Crippen LogP contribution in [-0.4, -0.2) is 80.9 Å². The molecule has 5 rings (SSSR count). The van der Waals surface area contributed by atoms with Gasteiger partial charge in [0.05, 0.1) is 30.9 Å². The summed E-state index contributed by atoms with van der Waals surface area (Å²) in [6.07, 6.45) is 4.36. The van der Waals surface area contributed by atoms with Crippen molar-refractivity contribution in [1.82, 2.24) is 20.2 Å². The maximum atomic E-state index is 13.4. The second-order valence-electron chi connectivity index (χ2n) is 8.82. The van der Waals surface area contributed by atoms with E-state index in [4.69, 9.17) is 14.5 Å². The molecule has 4 aliphatic rings. The fourth-order valence-corrected chi connectivity index (χ4v) is 5.27. The zero-order valence-electron chi connectivity index (χ0n) is 17.6. The minimum atomic E-state index is -0.394. The summed E-state index contributed by atoms with van der Waals surface area (Å²) in [5, 5.41) is 3.40. The fraction of sp³-hybridized carbons (Fsp3) is 0.750. The van der Waals surface area contributed by atoms with Gasteiger partial charge in [-0.3, -0.25) is 4.79 Å². The summed E-state index contributed by atoms with van der Waals surface area (Å²) in [4.78, 5) is 26.7. The van der Waals surface area contributed by atoms with Crippen LogP contribution >= 0.6 is 24.8 Å². The van der Waals surface area contributed by atoms with Crippen molar-refractivity contribution in [3.8, 4) is 0 Å². The molecule has 1 N–H and O–H groups in total. The quantitative estimate of drug-likeness (QED) is 0.706. The third-order valence-corrected chi connectivity index (χ3v) is 7.01. The van der Waals surface area contributed by atoms with E-state index in [1.807, 2.05) is 30.1 Å². The smallest absolute Gasteiger partial charge is 0.232 e. The van der Waals surface area contributed by atoms with E-state index in [2.05, 4.69) is 10.3 Å². The minimum absolute atomic E-state index is 0. The monoisotopic (exact) mass is 459 g/mol. The molecule has 0 unspecified atom stereocenters. The molecule has 8 nitrogen and oxygen atoms in total. The molecule has 30 heavy (non-hydrogen) atoms. The summed E-state index contributed by atoms with van der Waals surface area (Å²) in [6.45, 7) is 4.94. The lowest BCUT2D eigenvalue weighted by Gasteiger charge is -2.45. The number of rotatable bonds is 2. The number of hydrogen-bond acceptors (Lipinski definition) is 7. The molecule has 0 bridgehead atoms. The van der Waals surface area contributed by atoms with Gasteiger partial charge in [0.2, 0.25) is 11.9 Å². The molecule has 0 saturated carbocycles. The van der Waals surface area contributed by atoms with Gasteiger partial charge in [0.1, 0.15) is 5.60 Å². The van der Waals surface area contributed by atoms with Crippen molar-refractivity contribution >= 4 is 36.7 Å². The first-order valence-corrected chi connectivity index (χ1v) is 10.3. The molecule has 1 amide bonds. The van der Waals surface area contributed by atoms with Crippen LogP contribution in [0.15, 0.2) is 6.20 Å². The minimum Gasteiger partial charge on any atom is -0.380 e. The Bertz CT molecular complexity index is 776. The average molecular weight is 460 g/mol. The van der Waals surface area contributed by atoms with Crippen molar-refractivity contribution in [2.45, 2.75) is 24.9 Å². The number of piperidine rings is 1. The fourth-order valence-electron chi connectivity index (χ4n) is 5.27. The van der Waals surface area contributed by atoms with Crippen LogP contribution in [0.25, 0.3) is 0 Å². The highest BCUT2D eigenvalue weighted by atomic mass is 35.5. The number of anilines is 1. The van der Waals surface area contributed by atoms with E-state index < -0.39 is 5.60 Å². The normalized spacial score (nSPS) is 28.9. The van der Waals surface area contributed by atoms with Gasteiger partial charge < -0.3 is 24.6 Å². The van der Waals surface area contributed by atoms with E-state index in [0.717, 1.165) is 38.0 Å². The van der Waals surface area contributed by atoms with Crippen molar-refractivity contribution in [2.75, 3.05) is 65.0 Å². The Balaban J connectivity index is 0.00000128. The van der Waals surface area contributed by atoms with Crippen molar-refractivity contribution < 1.29 is 14.3 Å². The van der Waals surface area contributed by atoms with Crippen LogP contribution in [-0.2, 0) is 26.3 Å². The van der Waals surface area contributed by atoms with Crippen LogP contribution in [0.2, 0.25) is 0 Å². The molecule has 3 saturated heterocycles. The average Bonchev–Trinajstić information content (AvgIpc) is 3.29. The number of nitrogens with zero attached hydrogens (tertiary/aromatic N) is 4. The SMILES string of the molecule is CN(C)c1ncc2c(n1)C1(CCN(C(=O)[C@]34CNC[C@H]3COC4)CC1)OCC2.Cl.Cl. The molecule has 0 aliphatic carbocycles. The summed E-state index contributed by atoms with van der Waals surface area (Å²) in [5.74, 6) is 1.27. The third kappa shape index (κ3) is 3.56. The van der Waals surface area contributed by atoms with Gasteiger partial charge in [0, 0.05) is 52.4 Å². The van der Waals surface area contributed by atoms with Gasteiger partial charge in [-0.05, 0) is 24.8 Å². The summed E-state index contributed by atoms with van der Waals surface area (Å²) < 4.78 is 12.0. The number of amides is 1. The predicted molar refractivity (Wildman–Crippen MR) is 118 cm³/mol. The Morgan fingerprint density at radius 2 is 2.07 bits per heavy atom. The lowest BCUT2D eigenvalue weighted by atomic mass is 9.78. The highest BCUT2D eigenvalue weighted by molar-refractivity contribution is 5.86. The number of aromatic nitrogens is 2. The molecular weight excluding hydrogens is 429 g/mol. The molecule has 3 fully saturated rings. The van der Waals surface area contributed by atoms with E-state index >= 15 is 0 Å². The van der Waals surface area contributed by atoms with Crippen LogP contribution in [0, 0.1) is 11.3 Å².